The quantitative estimate of drug-likeness (QED) is 0.522. The molecular formula is C24H35Cl2N3O3. The van der Waals surface area contributed by atoms with Crippen molar-refractivity contribution in [3.05, 3.63) is 53.6 Å². The maximum atomic E-state index is 12.2. The van der Waals surface area contributed by atoms with Gasteiger partial charge < -0.3 is 20.1 Å². The van der Waals surface area contributed by atoms with Crippen molar-refractivity contribution >= 4 is 36.4 Å². The van der Waals surface area contributed by atoms with E-state index < -0.39 is 0 Å². The number of aryl methyl sites for hydroxylation is 1. The van der Waals surface area contributed by atoms with Gasteiger partial charge in [-0.1, -0.05) is 30.7 Å². The van der Waals surface area contributed by atoms with Gasteiger partial charge in [0.15, 0.2) is 18.1 Å². The van der Waals surface area contributed by atoms with Crippen molar-refractivity contribution in [2.75, 3.05) is 38.7 Å². The Hall–Kier alpha value is -1.99. The number of hydrogen-bond donors (Lipinski definition) is 2. The summed E-state index contributed by atoms with van der Waals surface area (Å²) in [5, 5.41) is 6.39. The lowest BCUT2D eigenvalue weighted by Crippen LogP contribution is -2.37. The van der Waals surface area contributed by atoms with Gasteiger partial charge in [0.25, 0.3) is 5.91 Å². The van der Waals surface area contributed by atoms with Crippen LogP contribution in [-0.4, -0.2) is 50.2 Å². The smallest absolute Gasteiger partial charge is 0.262 e. The zero-order valence-corrected chi connectivity index (χ0v) is 20.7. The van der Waals surface area contributed by atoms with Crippen LogP contribution in [0.15, 0.2) is 42.5 Å². The molecule has 1 amide bonds. The highest BCUT2D eigenvalue weighted by atomic mass is 35.5. The fraction of sp³-hybridized carbons (Fsp3) is 0.458. The van der Waals surface area contributed by atoms with Crippen molar-refractivity contribution in [1.29, 1.82) is 0 Å². The second-order valence-electron chi connectivity index (χ2n) is 7.74. The number of likely N-dealkylation sites (N-methyl/N-ethyl adjacent to an activating group) is 1. The zero-order valence-electron chi connectivity index (χ0n) is 19.1. The molecule has 0 bridgehead atoms. The number of amides is 1. The van der Waals surface area contributed by atoms with Gasteiger partial charge in [0.2, 0.25) is 0 Å². The molecule has 178 valence electrons. The van der Waals surface area contributed by atoms with Crippen LogP contribution in [0.25, 0.3) is 0 Å². The summed E-state index contributed by atoms with van der Waals surface area (Å²) in [6.45, 7) is 8.25. The first-order chi connectivity index (χ1) is 14.6. The predicted octanol–water partition coefficient (Wildman–Crippen LogP) is 4.44. The van der Waals surface area contributed by atoms with Crippen molar-refractivity contribution in [1.82, 2.24) is 10.2 Å². The van der Waals surface area contributed by atoms with Crippen LogP contribution < -0.4 is 20.1 Å². The van der Waals surface area contributed by atoms with Gasteiger partial charge in [-0.05, 0) is 62.7 Å². The zero-order chi connectivity index (χ0) is 21.3. The third-order valence-electron chi connectivity index (χ3n) is 5.54. The van der Waals surface area contributed by atoms with Gasteiger partial charge in [-0.25, -0.2) is 0 Å². The van der Waals surface area contributed by atoms with Crippen molar-refractivity contribution in [2.24, 2.45) is 0 Å². The highest BCUT2D eigenvalue weighted by Crippen LogP contribution is 2.28. The molecule has 1 heterocycles. The molecule has 1 saturated heterocycles. The molecular weight excluding hydrogens is 449 g/mol. The van der Waals surface area contributed by atoms with Crippen molar-refractivity contribution in [3.8, 4) is 11.5 Å². The minimum atomic E-state index is -0.205. The monoisotopic (exact) mass is 483 g/mol. The van der Waals surface area contributed by atoms with Gasteiger partial charge in [0, 0.05) is 24.8 Å². The van der Waals surface area contributed by atoms with Crippen LogP contribution in [-0.2, 0) is 11.3 Å². The standard InChI is InChI=1S/C24H33N3O3.2ClH/c1-4-27-13-5-6-21(27)16-25-15-19-9-12-22(23(14-19)29-3)30-17-24(28)26-20-10-7-18(2)8-11-20;;/h7-12,14,21,25H,4-6,13,15-17H2,1-3H3,(H,26,28);2*1H. The van der Waals surface area contributed by atoms with Gasteiger partial charge in [0.05, 0.1) is 7.11 Å². The minimum Gasteiger partial charge on any atom is -0.493 e. The SMILES string of the molecule is CCN1CCCC1CNCc1ccc(OCC(=O)Nc2ccc(C)cc2)c(OC)c1.Cl.Cl. The van der Waals surface area contributed by atoms with Gasteiger partial charge in [-0.15, -0.1) is 24.8 Å². The Bertz CT molecular complexity index is 834. The average molecular weight is 484 g/mol. The second kappa shape index (κ2) is 14.2. The van der Waals surface area contributed by atoms with Gasteiger partial charge in [0.1, 0.15) is 0 Å². The molecule has 2 aromatic carbocycles. The molecule has 0 radical (unpaired) electrons. The first kappa shape index (κ1) is 28.0. The number of hydrogen-bond acceptors (Lipinski definition) is 5. The molecule has 1 fully saturated rings. The largest absolute Gasteiger partial charge is 0.493 e. The Morgan fingerprint density at radius 2 is 1.88 bits per heavy atom. The first-order valence-electron chi connectivity index (χ1n) is 10.7. The number of methoxy groups -OCH3 is 1. The van der Waals surface area contributed by atoms with Crippen molar-refractivity contribution in [3.63, 3.8) is 0 Å². The van der Waals surface area contributed by atoms with E-state index in [2.05, 4.69) is 22.5 Å². The summed E-state index contributed by atoms with van der Waals surface area (Å²) in [6.07, 6.45) is 2.55. The van der Waals surface area contributed by atoms with E-state index in [1.807, 2.05) is 49.4 Å². The number of likely N-dealkylation sites (tertiary alicyclic amines) is 1. The highest BCUT2D eigenvalue weighted by molar-refractivity contribution is 5.91. The number of benzene rings is 2. The maximum absolute atomic E-state index is 12.2. The molecule has 0 aromatic heterocycles. The Balaban J connectivity index is 0.00000256. The molecule has 32 heavy (non-hydrogen) atoms. The summed E-state index contributed by atoms with van der Waals surface area (Å²) in [5.41, 5.74) is 3.03. The number of halogens is 2. The summed E-state index contributed by atoms with van der Waals surface area (Å²) in [4.78, 5) is 14.7. The molecule has 1 aliphatic rings. The third kappa shape index (κ3) is 8.17. The van der Waals surface area contributed by atoms with E-state index in [1.165, 1.54) is 19.4 Å². The summed E-state index contributed by atoms with van der Waals surface area (Å²) >= 11 is 0. The molecule has 1 aliphatic heterocycles. The topological polar surface area (TPSA) is 62.8 Å². The molecule has 0 saturated carbocycles. The normalized spacial score (nSPS) is 15.4. The molecule has 0 aliphatic carbocycles. The summed E-state index contributed by atoms with van der Waals surface area (Å²) in [7, 11) is 1.61. The molecule has 0 spiro atoms. The molecule has 2 N–H and O–H groups in total. The Morgan fingerprint density at radius 1 is 1.12 bits per heavy atom. The lowest BCUT2D eigenvalue weighted by molar-refractivity contribution is -0.118. The maximum Gasteiger partial charge on any atom is 0.262 e. The second-order valence-corrected chi connectivity index (χ2v) is 7.74. The molecule has 8 heteroatoms. The molecule has 2 aromatic rings. The van der Waals surface area contributed by atoms with E-state index in [9.17, 15) is 4.79 Å². The fourth-order valence-electron chi connectivity index (χ4n) is 3.84. The lowest BCUT2D eigenvalue weighted by Gasteiger charge is -2.23. The number of anilines is 1. The fourth-order valence-corrected chi connectivity index (χ4v) is 3.84. The third-order valence-corrected chi connectivity index (χ3v) is 5.54. The molecule has 1 atom stereocenters. The number of nitrogens with zero attached hydrogens (tertiary/aromatic N) is 1. The number of nitrogens with one attached hydrogen (secondary N) is 2. The van der Waals surface area contributed by atoms with Gasteiger partial charge >= 0.3 is 0 Å². The van der Waals surface area contributed by atoms with E-state index in [4.69, 9.17) is 9.47 Å². The predicted molar refractivity (Wildman–Crippen MR) is 135 cm³/mol. The summed E-state index contributed by atoms with van der Waals surface area (Å²) in [5.74, 6) is 0.991. The molecule has 6 nitrogen and oxygen atoms in total. The van der Waals surface area contributed by atoms with Crippen LogP contribution >= 0.6 is 24.8 Å². The number of ether oxygens (including phenoxy) is 2. The summed E-state index contributed by atoms with van der Waals surface area (Å²) < 4.78 is 11.2. The Morgan fingerprint density at radius 3 is 2.56 bits per heavy atom. The van der Waals surface area contributed by atoms with E-state index in [1.54, 1.807) is 7.11 Å². The summed E-state index contributed by atoms with van der Waals surface area (Å²) in [6, 6.07) is 14.1. The Labute approximate surface area is 203 Å². The van der Waals surface area contributed by atoms with E-state index in [0.717, 1.165) is 36.4 Å². The van der Waals surface area contributed by atoms with Crippen LogP contribution in [0.3, 0.4) is 0 Å². The first-order valence-corrected chi connectivity index (χ1v) is 10.7. The number of carbonyl (C=O) groups is 1. The van der Waals surface area contributed by atoms with Crippen LogP contribution in [0.1, 0.15) is 30.9 Å². The van der Waals surface area contributed by atoms with E-state index in [-0.39, 0.29) is 37.3 Å². The van der Waals surface area contributed by atoms with Crippen LogP contribution in [0.2, 0.25) is 0 Å². The Kier molecular flexibility index (Phi) is 12.5. The molecule has 1 unspecified atom stereocenters. The number of rotatable bonds is 10. The van der Waals surface area contributed by atoms with Crippen LogP contribution in [0.5, 0.6) is 11.5 Å². The number of carbonyl (C=O) groups excluding carboxylic acids is 1. The van der Waals surface area contributed by atoms with Crippen LogP contribution in [0.4, 0.5) is 5.69 Å². The minimum absolute atomic E-state index is 0. The average Bonchev–Trinajstić information content (AvgIpc) is 3.22. The van der Waals surface area contributed by atoms with Gasteiger partial charge in [-0.3, -0.25) is 9.69 Å². The van der Waals surface area contributed by atoms with E-state index >= 15 is 0 Å². The van der Waals surface area contributed by atoms with E-state index in [0.29, 0.717) is 17.5 Å². The van der Waals surface area contributed by atoms with Crippen LogP contribution in [0, 0.1) is 6.92 Å². The van der Waals surface area contributed by atoms with Crippen molar-refractivity contribution in [2.45, 2.75) is 39.3 Å². The highest BCUT2D eigenvalue weighted by Gasteiger charge is 2.22. The lowest BCUT2D eigenvalue weighted by atomic mass is 10.2. The molecule has 3 rings (SSSR count). The van der Waals surface area contributed by atoms with Gasteiger partial charge in [-0.2, -0.15) is 0 Å². The van der Waals surface area contributed by atoms with Crippen molar-refractivity contribution < 1.29 is 14.3 Å².